The second-order valence-electron chi connectivity index (χ2n) is 24.1. The topological polar surface area (TPSA) is 543 Å². The number of nitrogens with one attached hydrogen (secondary N) is 12. The monoisotopic (exact) mass is 1300 g/mol. The molecule has 0 fully saturated rings. The number of carbonyl (C=O) groups is 15. The number of aliphatic carboxylic acids is 2. The Balaban J connectivity index is 2.29. The van der Waals surface area contributed by atoms with Crippen LogP contribution in [0.2, 0.25) is 0 Å². The van der Waals surface area contributed by atoms with E-state index in [1.54, 1.807) is 72.0 Å². The van der Waals surface area contributed by atoms with Gasteiger partial charge in [0, 0.05) is 36.4 Å². The summed E-state index contributed by atoms with van der Waals surface area (Å²) in [5.74, 6) is -16.5. The second kappa shape index (κ2) is 38.4. The number of aliphatic hydroxyl groups is 1. The molecule has 21 N–H and O–H groups in total. The van der Waals surface area contributed by atoms with E-state index in [2.05, 4.69) is 63.5 Å². The number of aliphatic hydroxyl groups excluding tert-OH is 1. The van der Waals surface area contributed by atoms with E-state index in [0.717, 1.165) is 0 Å². The van der Waals surface area contributed by atoms with Crippen molar-refractivity contribution in [2.24, 2.45) is 40.9 Å². The lowest BCUT2D eigenvalue weighted by Crippen LogP contribution is -2.61. The average molecular weight is 1300 g/mol. The van der Waals surface area contributed by atoms with Crippen LogP contribution >= 0.6 is 0 Å². The number of benzene rings is 1. The Morgan fingerprint density at radius 2 is 0.924 bits per heavy atom. The number of nitrogens with two attached hydrogens (primary N) is 3. The van der Waals surface area contributed by atoms with Gasteiger partial charge in [-0.2, -0.15) is 0 Å². The summed E-state index contributed by atoms with van der Waals surface area (Å²) >= 11 is 0. The Labute approximate surface area is 532 Å². The molecule has 11 atom stereocenters. The molecule has 0 spiro atoms. The number of carbonyl (C=O) groups excluding carboxylic acids is 13. The molecule has 0 aliphatic rings. The lowest BCUT2D eigenvalue weighted by atomic mass is 9.99. The Bertz CT molecular complexity index is 2950. The van der Waals surface area contributed by atoms with Crippen LogP contribution in [-0.2, 0) is 78.3 Å². The molecule has 33 nitrogen and oxygen atoms in total. The SMILES string of the molecule is CC(C)C[C@H](NC(=O)[C@H](CCC(N)=O)NC(=O)[C@H](CC(C)C)NC(=O)[C@H](Cc1c[nH]c2ccccc12)NC(=O)[C@H](C)NC(=O)CNC(=O)[C@H](CC(=O)O)NC(=O)[C@@H](NC(=O)[C@H](CC(C)C)NC(=O)[C@@H](NC(=O)CNC(=O)[C@@H](N)CCC(N)=O)[C@@H](C)O)C(C)C)C(=O)O. The molecule has 0 aliphatic heterocycles. The Morgan fingerprint density at radius 3 is 1.46 bits per heavy atom. The van der Waals surface area contributed by atoms with Gasteiger partial charge in [-0.05, 0) is 81.3 Å². The van der Waals surface area contributed by atoms with Crippen molar-refractivity contribution in [1.82, 2.24) is 63.5 Å². The van der Waals surface area contributed by atoms with Gasteiger partial charge in [-0.15, -0.1) is 0 Å². The largest absolute Gasteiger partial charge is 0.481 e. The molecule has 0 unspecified atom stereocenters. The molecule has 0 radical (unpaired) electrons. The molecule has 1 aromatic carbocycles. The molecule has 0 saturated carbocycles. The first-order chi connectivity index (χ1) is 42.9. The number of aromatic amines is 1. The van der Waals surface area contributed by atoms with Crippen LogP contribution in [0.5, 0.6) is 0 Å². The van der Waals surface area contributed by atoms with Crippen LogP contribution in [0.15, 0.2) is 30.5 Å². The number of aromatic nitrogens is 1. The van der Waals surface area contributed by atoms with Crippen molar-refractivity contribution >= 4 is 99.6 Å². The summed E-state index contributed by atoms with van der Waals surface area (Å²) in [6.07, 6.45) is -2.20. The molecule has 1 aromatic heterocycles. The molecule has 0 aliphatic carbocycles. The smallest absolute Gasteiger partial charge is 0.326 e. The van der Waals surface area contributed by atoms with Crippen molar-refractivity contribution in [1.29, 1.82) is 0 Å². The van der Waals surface area contributed by atoms with Crippen LogP contribution in [0.3, 0.4) is 0 Å². The summed E-state index contributed by atoms with van der Waals surface area (Å²) in [4.78, 5) is 199. The number of carboxylic acid groups (broad SMARTS) is 2. The first-order valence-electron chi connectivity index (χ1n) is 30.2. The molecule has 0 saturated heterocycles. The fraction of sp³-hybridized carbons (Fsp3) is 0.610. The number of fused-ring (bicyclic) bond motifs is 1. The summed E-state index contributed by atoms with van der Waals surface area (Å²) in [5.41, 5.74) is 17.4. The van der Waals surface area contributed by atoms with Gasteiger partial charge >= 0.3 is 11.9 Å². The van der Waals surface area contributed by atoms with Crippen LogP contribution in [0.25, 0.3) is 10.9 Å². The number of rotatable bonds is 41. The van der Waals surface area contributed by atoms with Gasteiger partial charge in [0.2, 0.25) is 76.8 Å². The Hall–Kier alpha value is -9.27. The van der Waals surface area contributed by atoms with E-state index < -0.39 is 181 Å². The van der Waals surface area contributed by atoms with E-state index in [1.165, 1.54) is 27.7 Å². The maximum absolute atomic E-state index is 14.4. The fourth-order valence-electron chi connectivity index (χ4n) is 9.20. The number of hydrogen-bond donors (Lipinski definition) is 18. The number of H-pyrrole nitrogens is 1. The van der Waals surface area contributed by atoms with Gasteiger partial charge in [-0.3, -0.25) is 67.1 Å². The molecular formula is C59H93N15O18. The Kier molecular flexibility index (Phi) is 32.9. The summed E-state index contributed by atoms with van der Waals surface area (Å²) in [6.45, 7) is 14.2. The van der Waals surface area contributed by atoms with Crippen LogP contribution in [0.4, 0.5) is 0 Å². The van der Waals surface area contributed by atoms with E-state index in [-0.39, 0.29) is 69.1 Å². The van der Waals surface area contributed by atoms with Crippen molar-refractivity contribution in [3.8, 4) is 0 Å². The lowest BCUT2D eigenvalue weighted by Gasteiger charge is -2.29. The lowest BCUT2D eigenvalue weighted by molar-refractivity contribution is -0.143. The summed E-state index contributed by atoms with van der Waals surface area (Å²) < 4.78 is 0. The molecule has 512 valence electrons. The van der Waals surface area contributed by atoms with Crippen molar-refractivity contribution < 1.29 is 87.2 Å². The number of hydrogen-bond acceptors (Lipinski definition) is 17. The number of carboxylic acids is 2. The normalized spacial score (nSPS) is 14.9. The maximum atomic E-state index is 14.4. The van der Waals surface area contributed by atoms with Crippen LogP contribution in [0.1, 0.15) is 126 Å². The molecule has 1 heterocycles. The van der Waals surface area contributed by atoms with Gasteiger partial charge < -0.3 is 96.0 Å². The first-order valence-corrected chi connectivity index (χ1v) is 30.2. The summed E-state index contributed by atoms with van der Waals surface area (Å²) in [7, 11) is 0. The van der Waals surface area contributed by atoms with E-state index in [1.807, 2.05) is 0 Å². The third-order valence-electron chi connectivity index (χ3n) is 14.0. The minimum atomic E-state index is -1.87. The number of para-hydroxylation sites is 1. The minimum Gasteiger partial charge on any atom is -0.481 e. The van der Waals surface area contributed by atoms with E-state index >= 15 is 0 Å². The summed E-state index contributed by atoms with van der Waals surface area (Å²) in [5, 5.41) is 57.1. The van der Waals surface area contributed by atoms with Crippen LogP contribution in [-0.4, -0.2) is 189 Å². The zero-order valence-corrected chi connectivity index (χ0v) is 53.5. The zero-order chi connectivity index (χ0) is 69.9. The van der Waals surface area contributed by atoms with E-state index in [4.69, 9.17) is 17.2 Å². The van der Waals surface area contributed by atoms with E-state index in [0.29, 0.717) is 16.5 Å². The molecule has 2 rings (SSSR count). The third kappa shape index (κ3) is 28.3. The molecule has 92 heavy (non-hydrogen) atoms. The highest BCUT2D eigenvalue weighted by Gasteiger charge is 2.37. The maximum Gasteiger partial charge on any atom is 0.326 e. The Morgan fingerprint density at radius 1 is 0.478 bits per heavy atom. The van der Waals surface area contributed by atoms with Gasteiger partial charge in [0.15, 0.2) is 0 Å². The molecule has 0 bridgehead atoms. The average Bonchev–Trinajstić information content (AvgIpc) is 1.64. The van der Waals surface area contributed by atoms with E-state index in [9.17, 15) is 87.2 Å². The highest BCUT2D eigenvalue weighted by atomic mass is 16.4. The van der Waals surface area contributed by atoms with Crippen molar-refractivity contribution in [3.63, 3.8) is 0 Å². The standard InChI is InChI=1S/C59H93N15O18/c1-27(2)19-38(54(86)67-37(16-18-44(62)77)53(85)72-42(59(91)92)21-29(5)6)69-55(87)40(22-33-24-63-36-14-12-11-13-34(33)36)68-50(82)31(9)66-45(78)25-65-52(84)41(23-47(80)81)71-57(89)48(30(7)8)74-56(88)39(20-28(3)4)70-58(90)49(32(10)75)73-46(79)26-64-51(83)35(60)15-17-43(61)76/h11-14,24,27-32,35,37-42,48-49,63,75H,15-23,25-26,60H2,1-10H3,(H2,61,76)(H2,62,77)(H,64,83)(H,65,84)(H,66,78)(H,67,86)(H,68,82)(H,69,87)(H,70,90)(H,71,89)(H,72,85)(H,73,79)(H,74,88)(H,80,81)(H,91,92)/t31-,32+,35-,37-,38-,39-,40-,41-,42-,48-,49-/m0/s1. The highest BCUT2D eigenvalue weighted by Crippen LogP contribution is 2.20. The zero-order valence-electron chi connectivity index (χ0n) is 53.5. The minimum absolute atomic E-state index is 0.0175. The predicted molar refractivity (Wildman–Crippen MR) is 331 cm³/mol. The van der Waals surface area contributed by atoms with Gasteiger partial charge in [0.25, 0.3) is 0 Å². The van der Waals surface area contributed by atoms with Crippen molar-refractivity contribution in [3.05, 3.63) is 36.0 Å². The second-order valence-corrected chi connectivity index (χ2v) is 24.1. The first kappa shape index (κ1) is 78.8. The quantitative estimate of drug-likeness (QED) is 0.0301. The van der Waals surface area contributed by atoms with Crippen molar-refractivity contribution in [2.75, 3.05) is 13.1 Å². The fourth-order valence-corrected chi connectivity index (χ4v) is 9.20. The molecule has 33 heteroatoms. The summed E-state index contributed by atoms with van der Waals surface area (Å²) in [6, 6.07) is -7.71. The number of primary amides is 2. The van der Waals surface area contributed by atoms with Crippen molar-refractivity contribution in [2.45, 2.75) is 194 Å². The van der Waals surface area contributed by atoms with Gasteiger partial charge in [0.05, 0.1) is 31.7 Å². The molecule has 2 aromatic rings. The van der Waals surface area contributed by atoms with Gasteiger partial charge in [-0.25, -0.2) is 4.79 Å². The van der Waals surface area contributed by atoms with Gasteiger partial charge in [-0.1, -0.05) is 73.6 Å². The van der Waals surface area contributed by atoms with Crippen LogP contribution < -0.4 is 75.7 Å². The molecular weight excluding hydrogens is 1210 g/mol. The predicted octanol–water partition coefficient (Wildman–Crippen LogP) is -4.08. The van der Waals surface area contributed by atoms with Gasteiger partial charge in [0.1, 0.15) is 54.4 Å². The van der Waals surface area contributed by atoms with Crippen LogP contribution in [0, 0.1) is 23.7 Å². The third-order valence-corrected chi connectivity index (χ3v) is 14.0. The highest BCUT2D eigenvalue weighted by molar-refractivity contribution is 6.00. The molecule has 13 amide bonds. The number of amides is 13.